The number of carbonyl (C=O) groups is 2. The van der Waals surface area contributed by atoms with Gasteiger partial charge in [-0.25, -0.2) is 4.79 Å². The largest absolute Gasteiger partial charge is 0.482 e. The second-order valence-electron chi connectivity index (χ2n) is 5.28. The highest BCUT2D eigenvalue weighted by Gasteiger charge is 2.10. The SMILES string of the molecule is Cc1ccc(OCC(=O)OCC(=O)Nc2cccc(Br)c2)c(C)c1. The van der Waals surface area contributed by atoms with E-state index < -0.39 is 11.9 Å². The molecule has 0 radical (unpaired) electrons. The molecule has 2 rings (SSSR count). The number of hydrogen-bond donors (Lipinski definition) is 1. The summed E-state index contributed by atoms with van der Waals surface area (Å²) in [6.45, 7) is 3.28. The highest BCUT2D eigenvalue weighted by atomic mass is 79.9. The van der Waals surface area contributed by atoms with Gasteiger partial charge in [0.1, 0.15) is 5.75 Å². The number of rotatable bonds is 6. The van der Waals surface area contributed by atoms with Crippen LogP contribution < -0.4 is 10.1 Å². The van der Waals surface area contributed by atoms with Gasteiger partial charge in [-0.3, -0.25) is 4.79 Å². The van der Waals surface area contributed by atoms with Crippen molar-refractivity contribution in [1.29, 1.82) is 0 Å². The van der Waals surface area contributed by atoms with E-state index in [4.69, 9.17) is 9.47 Å². The Balaban J connectivity index is 1.75. The third-order valence-corrected chi connectivity index (χ3v) is 3.64. The zero-order valence-corrected chi connectivity index (χ0v) is 15.1. The summed E-state index contributed by atoms with van der Waals surface area (Å²) in [5.74, 6) is -0.386. The van der Waals surface area contributed by atoms with Crippen LogP contribution in [0.4, 0.5) is 5.69 Å². The average Bonchev–Trinajstić information content (AvgIpc) is 2.52. The van der Waals surface area contributed by atoms with Crippen LogP contribution in [0, 0.1) is 13.8 Å². The van der Waals surface area contributed by atoms with Gasteiger partial charge in [-0.2, -0.15) is 0 Å². The average molecular weight is 392 g/mol. The van der Waals surface area contributed by atoms with E-state index in [9.17, 15) is 9.59 Å². The number of aryl methyl sites for hydroxylation is 2. The van der Waals surface area contributed by atoms with Gasteiger partial charge in [0.2, 0.25) is 0 Å². The molecule has 0 aromatic heterocycles. The molecule has 2 aromatic rings. The summed E-state index contributed by atoms with van der Waals surface area (Å²) in [5, 5.41) is 2.64. The first-order valence-electron chi connectivity index (χ1n) is 7.35. The number of halogens is 1. The summed E-state index contributed by atoms with van der Waals surface area (Å²) < 4.78 is 11.2. The molecule has 2 aromatic carbocycles. The Hall–Kier alpha value is -2.34. The number of anilines is 1. The quantitative estimate of drug-likeness (QED) is 0.763. The van der Waals surface area contributed by atoms with Crippen LogP contribution in [0.15, 0.2) is 46.9 Å². The lowest BCUT2D eigenvalue weighted by Gasteiger charge is -2.10. The summed E-state index contributed by atoms with van der Waals surface area (Å²) in [7, 11) is 0. The Morgan fingerprint density at radius 1 is 1.08 bits per heavy atom. The van der Waals surface area contributed by atoms with Crippen molar-refractivity contribution in [1.82, 2.24) is 0 Å². The van der Waals surface area contributed by atoms with Gasteiger partial charge in [-0.1, -0.05) is 39.7 Å². The fourth-order valence-corrected chi connectivity index (χ4v) is 2.45. The first-order chi connectivity index (χ1) is 11.4. The molecule has 126 valence electrons. The molecule has 0 aliphatic carbocycles. The molecule has 0 atom stereocenters. The Bertz CT molecular complexity index is 746. The zero-order valence-electron chi connectivity index (χ0n) is 13.5. The third-order valence-electron chi connectivity index (χ3n) is 3.15. The standard InChI is InChI=1S/C18H18BrNO4/c1-12-6-7-16(13(2)8-12)23-11-18(22)24-10-17(21)20-15-5-3-4-14(19)9-15/h3-9H,10-11H2,1-2H3,(H,20,21). The lowest BCUT2D eigenvalue weighted by molar-refractivity contribution is -0.149. The van der Waals surface area contributed by atoms with E-state index in [1.54, 1.807) is 24.3 Å². The van der Waals surface area contributed by atoms with Gasteiger partial charge in [0.05, 0.1) is 0 Å². The lowest BCUT2D eigenvalue weighted by Crippen LogP contribution is -2.23. The van der Waals surface area contributed by atoms with E-state index in [0.29, 0.717) is 11.4 Å². The van der Waals surface area contributed by atoms with Crippen LogP contribution >= 0.6 is 15.9 Å². The summed E-state index contributed by atoms with van der Waals surface area (Å²) in [4.78, 5) is 23.4. The van der Waals surface area contributed by atoms with Crippen molar-refractivity contribution in [3.63, 3.8) is 0 Å². The van der Waals surface area contributed by atoms with Crippen molar-refractivity contribution in [3.05, 3.63) is 58.1 Å². The minimum absolute atomic E-state index is 0.242. The normalized spacial score (nSPS) is 10.1. The molecule has 0 saturated heterocycles. The number of carbonyl (C=O) groups excluding carboxylic acids is 2. The molecule has 0 bridgehead atoms. The number of ether oxygens (including phenoxy) is 2. The van der Waals surface area contributed by atoms with Gasteiger partial charge in [0.25, 0.3) is 5.91 Å². The molecule has 1 amide bonds. The minimum Gasteiger partial charge on any atom is -0.482 e. The molecule has 1 N–H and O–H groups in total. The molecule has 5 nitrogen and oxygen atoms in total. The number of hydrogen-bond acceptors (Lipinski definition) is 4. The molecule has 0 saturated carbocycles. The number of benzene rings is 2. The number of esters is 1. The van der Waals surface area contributed by atoms with Crippen molar-refractivity contribution in [2.75, 3.05) is 18.5 Å². The van der Waals surface area contributed by atoms with Crippen LogP contribution in [0.3, 0.4) is 0 Å². The fourth-order valence-electron chi connectivity index (χ4n) is 2.05. The summed E-state index contributed by atoms with van der Waals surface area (Å²) in [5.41, 5.74) is 2.68. The van der Waals surface area contributed by atoms with E-state index in [1.807, 2.05) is 32.0 Å². The fraction of sp³-hybridized carbons (Fsp3) is 0.222. The van der Waals surface area contributed by atoms with Crippen molar-refractivity contribution in [2.45, 2.75) is 13.8 Å². The zero-order chi connectivity index (χ0) is 17.5. The van der Waals surface area contributed by atoms with Crippen LogP contribution in [0.1, 0.15) is 11.1 Å². The Labute approximate surface area is 149 Å². The van der Waals surface area contributed by atoms with Crippen molar-refractivity contribution >= 4 is 33.5 Å². The molecular weight excluding hydrogens is 374 g/mol. The maximum Gasteiger partial charge on any atom is 0.344 e. The Morgan fingerprint density at radius 2 is 1.88 bits per heavy atom. The number of nitrogens with one attached hydrogen (secondary N) is 1. The van der Waals surface area contributed by atoms with E-state index in [0.717, 1.165) is 15.6 Å². The van der Waals surface area contributed by atoms with Crippen LogP contribution in [0.5, 0.6) is 5.75 Å². The smallest absolute Gasteiger partial charge is 0.344 e. The Morgan fingerprint density at radius 3 is 2.58 bits per heavy atom. The van der Waals surface area contributed by atoms with E-state index >= 15 is 0 Å². The predicted octanol–water partition coefficient (Wildman–Crippen LogP) is 3.63. The third kappa shape index (κ3) is 5.70. The monoisotopic (exact) mass is 391 g/mol. The van der Waals surface area contributed by atoms with Gasteiger partial charge in [0, 0.05) is 10.2 Å². The molecule has 0 aliphatic rings. The second kappa shape index (κ2) is 8.49. The molecule has 24 heavy (non-hydrogen) atoms. The highest BCUT2D eigenvalue weighted by Crippen LogP contribution is 2.18. The molecule has 6 heteroatoms. The summed E-state index contributed by atoms with van der Waals surface area (Å²) in [6.07, 6.45) is 0. The molecule has 0 aliphatic heterocycles. The first kappa shape index (κ1) is 18.0. The van der Waals surface area contributed by atoms with Gasteiger partial charge < -0.3 is 14.8 Å². The maximum absolute atomic E-state index is 11.7. The van der Waals surface area contributed by atoms with E-state index in [-0.39, 0.29) is 13.2 Å². The van der Waals surface area contributed by atoms with E-state index in [1.165, 1.54) is 0 Å². The van der Waals surface area contributed by atoms with Crippen LogP contribution in [-0.2, 0) is 14.3 Å². The first-order valence-corrected chi connectivity index (χ1v) is 8.14. The van der Waals surface area contributed by atoms with Crippen molar-refractivity contribution < 1.29 is 19.1 Å². The van der Waals surface area contributed by atoms with Crippen molar-refractivity contribution in [3.8, 4) is 5.75 Å². The predicted molar refractivity (Wildman–Crippen MR) is 95.1 cm³/mol. The topological polar surface area (TPSA) is 64.6 Å². The molecule has 0 heterocycles. The Kier molecular flexibility index (Phi) is 6.37. The molecule has 0 fully saturated rings. The summed E-state index contributed by atoms with van der Waals surface area (Å²) in [6, 6.07) is 12.8. The van der Waals surface area contributed by atoms with Gasteiger partial charge in [-0.15, -0.1) is 0 Å². The van der Waals surface area contributed by atoms with Gasteiger partial charge in [0.15, 0.2) is 13.2 Å². The molecule has 0 spiro atoms. The van der Waals surface area contributed by atoms with E-state index in [2.05, 4.69) is 21.2 Å². The minimum atomic E-state index is -0.598. The molecular formula is C18H18BrNO4. The highest BCUT2D eigenvalue weighted by molar-refractivity contribution is 9.10. The van der Waals surface area contributed by atoms with Crippen LogP contribution in [0.2, 0.25) is 0 Å². The van der Waals surface area contributed by atoms with Gasteiger partial charge in [-0.05, 0) is 43.7 Å². The summed E-state index contributed by atoms with van der Waals surface area (Å²) >= 11 is 3.31. The molecule has 0 unspecified atom stereocenters. The van der Waals surface area contributed by atoms with Gasteiger partial charge >= 0.3 is 5.97 Å². The van der Waals surface area contributed by atoms with Crippen LogP contribution in [0.25, 0.3) is 0 Å². The maximum atomic E-state index is 11.7. The second-order valence-corrected chi connectivity index (χ2v) is 6.19. The lowest BCUT2D eigenvalue weighted by atomic mass is 10.1. The van der Waals surface area contributed by atoms with Crippen molar-refractivity contribution in [2.24, 2.45) is 0 Å². The number of amides is 1. The van der Waals surface area contributed by atoms with Crippen LogP contribution in [-0.4, -0.2) is 25.1 Å².